The van der Waals surface area contributed by atoms with Crippen LogP contribution in [0.15, 0.2) is 42.7 Å². The van der Waals surface area contributed by atoms with Crippen molar-refractivity contribution in [3.8, 4) is 5.69 Å². The van der Waals surface area contributed by atoms with Crippen molar-refractivity contribution in [3.63, 3.8) is 0 Å². The zero-order chi connectivity index (χ0) is 14.5. The number of hydrogen-bond acceptors (Lipinski definition) is 3. The zero-order valence-electron chi connectivity index (χ0n) is 12.4. The van der Waals surface area contributed by atoms with Gasteiger partial charge >= 0.3 is 0 Å². The molecule has 1 amide bonds. The molecule has 5 nitrogen and oxygen atoms in total. The molecule has 1 atom stereocenters. The molecule has 1 aliphatic rings. The standard InChI is InChI=1S/C16H20N4O.ClH/c21-16(11-14-6-3-8-17-14)18-12-13-5-1-2-7-15(13)20-10-4-9-19-20;/h1-2,4-5,7,9-10,14,17H,3,6,8,11-12H2,(H,18,21);1H. The topological polar surface area (TPSA) is 59.0 Å². The summed E-state index contributed by atoms with van der Waals surface area (Å²) in [4.78, 5) is 12.0. The lowest BCUT2D eigenvalue weighted by Crippen LogP contribution is -2.31. The lowest BCUT2D eigenvalue weighted by molar-refractivity contribution is -0.121. The van der Waals surface area contributed by atoms with Gasteiger partial charge in [0.25, 0.3) is 0 Å². The van der Waals surface area contributed by atoms with Crippen molar-refractivity contribution in [2.45, 2.75) is 31.8 Å². The van der Waals surface area contributed by atoms with E-state index in [1.54, 1.807) is 6.20 Å². The summed E-state index contributed by atoms with van der Waals surface area (Å²) < 4.78 is 1.82. The van der Waals surface area contributed by atoms with Crippen molar-refractivity contribution >= 4 is 18.3 Å². The van der Waals surface area contributed by atoms with Crippen LogP contribution in [0.2, 0.25) is 0 Å². The third-order valence-electron chi connectivity index (χ3n) is 3.81. The average Bonchev–Trinajstić information content (AvgIpc) is 3.18. The van der Waals surface area contributed by atoms with Crippen LogP contribution < -0.4 is 10.6 Å². The van der Waals surface area contributed by atoms with Crippen molar-refractivity contribution in [2.75, 3.05) is 6.54 Å². The minimum absolute atomic E-state index is 0. The molecule has 2 heterocycles. The Bertz CT molecular complexity index is 594. The van der Waals surface area contributed by atoms with E-state index in [1.165, 1.54) is 6.42 Å². The van der Waals surface area contributed by atoms with Crippen LogP contribution in [0, 0.1) is 0 Å². The first-order valence-electron chi connectivity index (χ1n) is 7.41. The highest BCUT2D eigenvalue weighted by Gasteiger charge is 2.17. The average molecular weight is 321 g/mol. The van der Waals surface area contributed by atoms with Gasteiger partial charge < -0.3 is 10.6 Å². The Hall–Kier alpha value is -1.85. The van der Waals surface area contributed by atoms with E-state index in [0.717, 1.165) is 24.2 Å². The van der Waals surface area contributed by atoms with Gasteiger partial charge in [-0.3, -0.25) is 4.79 Å². The highest BCUT2D eigenvalue weighted by Crippen LogP contribution is 2.13. The molecule has 0 saturated carbocycles. The van der Waals surface area contributed by atoms with Crippen LogP contribution in [-0.4, -0.2) is 28.3 Å². The van der Waals surface area contributed by atoms with Gasteiger partial charge in [0, 0.05) is 31.4 Å². The van der Waals surface area contributed by atoms with E-state index >= 15 is 0 Å². The number of amides is 1. The second-order valence-corrected chi connectivity index (χ2v) is 5.35. The normalized spacial score (nSPS) is 17.0. The number of rotatable bonds is 5. The predicted octanol–water partition coefficient (Wildman–Crippen LogP) is 2.05. The van der Waals surface area contributed by atoms with Crippen molar-refractivity contribution in [1.29, 1.82) is 0 Å². The minimum atomic E-state index is 0. The second-order valence-electron chi connectivity index (χ2n) is 5.35. The Kier molecular flexibility index (Phi) is 5.98. The molecule has 1 saturated heterocycles. The quantitative estimate of drug-likeness (QED) is 0.886. The van der Waals surface area contributed by atoms with E-state index < -0.39 is 0 Å². The fraction of sp³-hybridized carbons (Fsp3) is 0.375. The number of carbonyl (C=O) groups excluding carboxylic acids is 1. The number of halogens is 1. The van der Waals surface area contributed by atoms with E-state index in [2.05, 4.69) is 15.7 Å². The molecule has 1 fully saturated rings. The smallest absolute Gasteiger partial charge is 0.221 e. The Morgan fingerprint density at radius 2 is 2.23 bits per heavy atom. The fourth-order valence-electron chi connectivity index (χ4n) is 2.72. The molecule has 3 rings (SSSR count). The summed E-state index contributed by atoms with van der Waals surface area (Å²) in [6.45, 7) is 1.56. The fourth-order valence-corrected chi connectivity index (χ4v) is 2.72. The molecule has 1 aromatic carbocycles. The molecule has 0 radical (unpaired) electrons. The maximum absolute atomic E-state index is 12.0. The van der Waals surface area contributed by atoms with Gasteiger partial charge in [-0.1, -0.05) is 18.2 Å². The van der Waals surface area contributed by atoms with Crippen LogP contribution in [0.1, 0.15) is 24.8 Å². The van der Waals surface area contributed by atoms with E-state index in [9.17, 15) is 4.79 Å². The van der Waals surface area contributed by atoms with Crippen molar-refractivity contribution in [3.05, 3.63) is 48.3 Å². The Labute approximate surface area is 136 Å². The monoisotopic (exact) mass is 320 g/mol. The molecule has 2 aromatic rings. The van der Waals surface area contributed by atoms with Gasteiger partial charge in [-0.05, 0) is 37.1 Å². The number of benzene rings is 1. The molecule has 118 valence electrons. The van der Waals surface area contributed by atoms with Crippen LogP contribution in [0.25, 0.3) is 5.69 Å². The first-order chi connectivity index (χ1) is 10.3. The summed E-state index contributed by atoms with van der Waals surface area (Å²) in [5.74, 6) is 0.102. The van der Waals surface area contributed by atoms with Gasteiger partial charge in [-0.15, -0.1) is 12.4 Å². The molecule has 0 spiro atoms. The summed E-state index contributed by atoms with van der Waals surface area (Å²) >= 11 is 0. The summed E-state index contributed by atoms with van der Waals surface area (Å²) in [5, 5.41) is 10.6. The lowest BCUT2D eigenvalue weighted by Gasteiger charge is -2.13. The first kappa shape index (κ1) is 16.5. The van der Waals surface area contributed by atoms with Crippen LogP contribution in [-0.2, 0) is 11.3 Å². The van der Waals surface area contributed by atoms with Crippen molar-refractivity contribution < 1.29 is 4.79 Å². The van der Waals surface area contributed by atoms with Gasteiger partial charge in [0.15, 0.2) is 0 Å². The number of aromatic nitrogens is 2. The number of carbonyl (C=O) groups is 1. The summed E-state index contributed by atoms with van der Waals surface area (Å²) in [6, 6.07) is 10.2. The van der Waals surface area contributed by atoms with E-state index in [1.807, 2.05) is 41.2 Å². The second kappa shape index (κ2) is 7.96. The van der Waals surface area contributed by atoms with Gasteiger partial charge in [0.05, 0.1) is 5.69 Å². The van der Waals surface area contributed by atoms with Gasteiger partial charge in [-0.25, -0.2) is 4.68 Å². The highest BCUT2D eigenvalue weighted by molar-refractivity contribution is 5.85. The third kappa shape index (κ3) is 4.08. The number of para-hydroxylation sites is 1. The molecular formula is C16H21ClN4O. The summed E-state index contributed by atoms with van der Waals surface area (Å²) in [7, 11) is 0. The Morgan fingerprint density at radius 3 is 2.95 bits per heavy atom. The van der Waals surface area contributed by atoms with E-state index in [-0.39, 0.29) is 18.3 Å². The molecular weight excluding hydrogens is 300 g/mol. The highest BCUT2D eigenvalue weighted by atomic mass is 35.5. The Balaban J connectivity index is 0.00000176. The number of hydrogen-bond donors (Lipinski definition) is 2. The van der Waals surface area contributed by atoms with Crippen LogP contribution in [0.4, 0.5) is 0 Å². The van der Waals surface area contributed by atoms with E-state index in [4.69, 9.17) is 0 Å². The van der Waals surface area contributed by atoms with Crippen molar-refractivity contribution in [1.82, 2.24) is 20.4 Å². The molecule has 22 heavy (non-hydrogen) atoms. The van der Waals surface area contributed by atoms with Crippen molar-refractivity contribution in [2.24, 2.45) is 0 Å². The maximum atomic E-state index is 12.0. The summed E-state index contributed by atoms with van der Waals surface area (Å²) in [5.41, 5.74) is 2.07. The number of nitrogens with zero attached hydrogens (tertiary/aromatic N) is 2. The summed E-state index contributed by atoms with van der Waals surface area (Å²) in [6.07, 6.45) is 6.48. The SMILES string of the molecule is Cl.O=C(CC1CCCN1)NCc1ccccc1-n1cccn1. The molecule has 1 aliphatic heterocycles. The molecule has 6 heteroatoms. The molecule has 2 N–H and O–H groups in total. The molecule has 1 aromatic heterocycles. The van der Waals surface area contributed by atoms with E-state index in [0.29, 0.717) is 19.0 Å². The Morgan fingerprint density at radius 1 is 1.36 bits per heavy atom. The van der Waals surface area contributed by atoms with Gasteiger partial charge in [0.1, 0.15) is 0 Å². The number of nitrogens with one attached hydrogen (secondary N) is 2. The van der Waals surface area contributed by atoms with Crippen LogP contribution >= 0.6 is 12.4 Å². The minimum Gasteiger partial charge on any atom is -0.352 e. The molecule has 0 aliphatic carbocycles. The zero-order valence-corrected chi connectivity index (χ0v) is 13.2. The predicted molar refractivity (Wildman–Crippen MR) is 88.3 cm³/mol. The first-order valence-corrected chi connectivity index (χ1v) is 7.41. The maximum Gasteiger partial charge on any atom is 0.221 e. The van der Waals surface area contributed by atoms with Gasteiger partial charge in [-0.2, -0.15) is 5.10 Å². The largest absolute Gasteiger partial charge is 0.352 e. The van der Waals surface area contributed by atoms with Gasteiger partial charge in [0.2, 0.25) is 5.91 Å². The molecule has 0 bridgehead atoms. The van der Waals surface area contributed by atoms with Crippen LogP contribution in [0.3, 0.4) is 0 Å². The molecule has 1 unspecified atom stereocenters. The van der Waals surface area contributed by atoms with Crippen LogP contribution in [0.5, 0.6) is 0 Å². The third-order valence-corrected chi connectivity index (χ3v) is 3.81. The lowest BCUT2D eigenvalue weighted by atomic mass is 10.1.